The molecular formula is C23H28N2O5S. The number of amides is 1. The van der Waals surface area contributed by atoms with Crippen LogP contribution in [0.4, 0.5) is 0 Å². The molecule has 0 radical (unpaired) electrons. The molecular weight excluding hydrogens is 416 g/mol. The minimum Gasteiger partial charge on any atom is -0.454 e. The summed E-state index contributed by atoms with van der Waals surface area (Å²) in [6.45, 7) is 8.61. The summed E-state index contributed by atoms with van der Waals surface area (Å²) < 4.78 is 12.2. The molecule has 7 nitrogen and oxygen atoms in total. The number of Topliss-reactive ketones (excluding diaryl/α,β-unsaturated/α-hetero) is 1. The molecule has 1 heterocycles. The van der Waals surface area contributed by atoms with Gasteiger partial charge >= 0.3 is 5.97 Å². The summed E-state index contributed by atoms with van der Waals surface area (Å²) in [6, 6.07) is 8.65. The van der Waals surface area contributed by atoms with Crippen molar-refractivity contribution in [3.8, 4) is 0 Å². The molecule has 0 aliphatic rings. The van der Waals surface area contributed by atoms with Gasteiger partial charge in [0.25, 0.3) is 0 Å². The molecule has 0 aliphatic carbocycles. The van der Waals surface area contributed by atoms with E-state index in [4.69, 9.17) is 9.47 Å². The van der Waals surface area contributed by atoms with Crippen LogP contribution >= 0.6 is 11.8 Å². The van der Waals surface area contributed by atoms with E-state index in [1.165, 1.54) is 11.8 Å². The van der Waals surface area contributed by atoms with Gasteiger partial charge in [-0.15, -0.1) is 18.3 Å². The second kappa shape index (κ2) is 12.1. The smallest absolute Gasteiger partial charge is 0.339 e. The number of esters is 1. The summed E-state index contributed by atoms with van der Waals surface area (Å²) in [5.74, 6) is -0.867. The molecule has 0 aliphatic heterocycles. The maximum absolute atomic E-state index is 12.6. The van der Waals surface area contributed by atoms with Gasteiger partial charge in [-0.2, -0.15) is 0 Å². The van der Waals surface area contributed by atoms with Crippen LogP contribution in [0.5, 0.6) is 0 Å². The molecule has 1 N–H and O–H groups in total. The molecule has 2 rings (SSSR count). The number of rotatable bonds is 12. The molecule has 1 amide bonds. The van der Waals surface area contributed by atoms with E-state index >= 15 is 0 Å². The molecule has 0 saturated heterocycles. The van der Waals surface area contributed by atoms with Crippen LogP contribution in [-0.2, 0) is 20.8 Å². The molecule has 2 aromatic rings. The number of hydrogen-bond donors (Lipinski definition) is 1. The van der Waals surface area contributed by atoms with Crippen LogP contribution in [-0.4, -0.2) is 54.8 Å². The number of methoxy groups -OCH3 is 1. The Morgan fingerprint density at radius 3 is 2.65 bits per heavy atom. The van der Waals surface area contributed by atoms with Crippen molar-refractivity contribution in [1.82, 2.24) is 9.88 Å². The Morgan fingerprint density at radius 1 is 1.19 bits per heavy atom. The first-order valence-electron chi connectivity index (χ1n) is 9.84. The van der Waals surface area contributed by atoms with Crippen LogP contribution in [0, 0.1) is 13.8 Å². The maximum Gasteiger partial charge on any atom is 0.339 e. The second-order valence-electron chi connectivity index (χ2n) is 6.81. The lowest BCUT2D eigenvalue weighted by molar-refractivity contribution is -0.118. The second-order valence-corrected chi connectivity index (χ2v) is 7.83. The monoisotopic (exact) mass is 444 g/mol. The maximum atomic E-state index is 12.6. The van der Waals surface area contributed by atoms with Gasteiger partial charge in [0.05, 0.1) is 17.9 Å². The SMILES string of the molecule is C=CCn1c(C)cc(C(=O)COC(=O)c2ccccc2SCC(=O)NCCOC)c1C. The molecule has 0 spiro atoms. The van der Waals surface area contributed by atoms with Crippen molar-refractivity contribution >= 4 is 29.4 Å². The lowest BCUT2D eigenvalue weighted by Gasteiger charge is -2.10. The third-order valence-electron chi connectivity index (χ3n) is 4.61. The van der Waals surface area contributed by atoms with Gasteiger partial charge in [0.2, 0.25) is 11.7 Å². The number of carbonyl (C=O) groups excluding carboxylic acids is 3. The summed E-state index contributed by atoms with van der Waals surface area (Å²) in [5, 5.41) is 2.73. The summed E-state index contributed by atoms with van der Waals surface area (Å²) in [7, 11) is 1.56. The van der Waals surface area contributed by atoms with Crippen molar-refractivity contribution < 1.29 is 23.9 Å². The Labute approximate surface area is 186 Å². The van der Waals surface area contributed by atoms with E-state index in [0.717, 1.165) is 11.4 Å². The minimum absolute atomic E-state index is 0.155. The number of aromatic nitrogens is 1. The standard InChI is InChI=1S/C23H28N2O5S/c1-5-11-25-16(2)13-19(17(25)3)20(26)14-30-23(28)18-8-6-7-9-21(18)31-15-22(27)24-10-12-29-4/h5-9,13H,1,10-12,14-15H2,2-4H3,(H,24,27). The molecule has 0 saturated carbocycles. The van der Waals surface area contributed by atoms with E-state index in [2.05, 4.69) is 11.9 Å². The average Bonchev–Trinajstić information content (AvgIpc) is 3.05. The number of benzene rings is 1. The highest BCUT2D eigenvalue weighted by atomic mass is 32.2. The van der Waals surface area contributed by atoms with E-state index in [1.807, 2.05) is 18.4 Å². The Morgan fingerprint density at radius 2 is 1.94 bits per heavy atom. The van der Waals surface area contributed by atoms with E-state index in [0.29, 0.717) is 35.7 Å². The molecule has 0 bridgehead atoms. The zero-order chi connectivity index (χ0) is 22.8. The number of allylic oxidation sites excluding steroid dienone is 1. The highest BCUT2D eigenvalue weighted by Gasteiger charge is 2.19. The molecule has 1 aromatic carbocycles. The Kier molecular flexibility index (Phi) is 9.55. The summed E-state index contributed by atoms with van der Waals surface area (Å²) in [6.07, 6.45) is 1.76. The van der Waals surface area contributed by atoms with Gasteiger partial charge in [0.15, 0.2) is 6.61 Å². The molecule has 1 aromatic heterocycles. The van der Waals surface area contributed by atoms with Gasteiger partial charge in [0, 0.05) is 42.0 Å². The van der Waals surface area contributed by atoms with E-state index in [1.54, 1.807) is 43.5 Å². The first-order valence-corrected chi connectivity index (χ1v) is 10.8. The molecule has 31 heavy (non-hydrogen) atoms. The average molecular weight is 445 g/mol. The van der Waals surface area contributed by atoms with Crippen molar-refractivity contribution in [2.75, 3.05) is 32.6 Å². The fraction of sp³-hybridized carbons (Fsp3) is 0.348. The van der Waals surface area contributed by atoms with Crippen molar-refractivity contribution in [3.63, 3.8) is 0 Å². The minimum atomic E-state index is -0.601. The Balaban J connectivity index is 1.98. The normalized spacial score (nSPS) is 10.5. The van der Waals surface area contributed by atoms with Crippen LogP contribution in [0.1, 0.15) is 32.1 Å². The van der Waals surface area contributed by atoms with E-state index in [-0.39, 0.29) is 24.1 Å². The zero-order valence-corrected chi connectivity index (χ0v) is 18.9. The highest BCUT2D eigenvalue weighted by molar-refractivity contribution is 8.00. The Hall–Kier alpha value is -2.84. The first kappa shape index (κ1) is 24.4. The molecule has 166 valence electrons. The fourth-order valence-corrected chi connectivity index (χ4v) is 3.90. The first-order chi connectivity index (χ1) is 14.9. The quantitative estimate of drug-likeness (QED) is 0.178. The number of nitrogens with one attached hydrogen (secondary N) is 1. The van der Waals surface area contributed by atoms with Gasteiger partial charge in [-0.3, -0.25) is 9.59 Å². The van der Waals surface area contributed by atoms with Crippen LogP contribution in [0.3, 0.4) is 0 Å². The lowest BCUT2D eigenvalue weighted by atomic mass is 10.1. The van der Waals surface area contributed by atoms with Crippen LogP contribution < -0.4 is 5.32 Å². The number of nitrogens with zero attached hydrogens (tertiary/aromatic N) is 1. The third kappa shape index (κ3) is 6.83. The molecule has 0 fully saturated rings. The van der Waals surface area contributed by atoms with Gasteiger partial charge in [0.1, 0.15) is 0 Å². The van der Waals surface area contributed by atoms with Crippen molar-refractivity contribution in [1.29, 1.82) is 0 Å². The number of aryl methyl sites for hydroxylation is 1. The van der Waals surface area contributed by atoms with Gasteiger partial charge in [-0.25, -0.2) is 4.79 Å². The van der Waals surface area contributed by atoms with Crippen LogP contribution in [0.15, 0.2) is 47.9 Å². The molecule has 0 unspecified atom stereocenters. The lowest BCUT2D eigenvalue weighted by Crippen LogP contribution is -2.28. The van der Waals surface area contributed by atoms with Crippen molar-refractivity contribution in [2.24, 2.45) is 0 Å². The highest BCUT2D eigenvalue weighted by Crippen LogP contribution is 2.23. The van der Waals surface area contributed by atoms with Gasteiger partial charge in [-0.1, -0.05) is 18.2 Å². The number of hydrogen-bond acceptors (Lipinski definition) is 6. The predicted molar refractivity (Wildman–Crippen MR) is 121 cm³/mol. The topological polar surface area (TPSA) is 86.6 Å². The molecule has 8 heteroatoms. The Bertz CT molecular complexity index is 951. The van der Waals surface area contributed by atoms with Crippen LogP contribution in [0.25, 0.3) is 0 Å². The predicted octanol–water partition coefficient (Wildman–Crippen LogP) is 3.19. The number of carbonyl (C=O) groups is 3. The van der Waals surface area contributed by atoms with Crippen molar-refractivity contribution in [2.45, 2.75) is 25.3 Å². The number of ketones is 1. The van der Waals surface area contributed by atoms with Crippen LogP contribution in [0.2, 0.25) is 0 Å². The zero-order valence-electron chi connectivity index (χ0n) is 18.1. The third-order valence-corrected chi connectivity index (χ3v) is 5.69. The van der Waals surface area contributed by atoms with Gasteiger partial charge < -0.3 is 19.4 Å². The van der Waals surface area contributed by atoms with E-state index in [9.17, 15) is 14.4 Å². The summed E-state index contributed by atoms with van der Waals surface area (Å²) in [5.41, 5.74) is 2.61. The van der Waals surface area contributed by atoms with Crippen molar-refractivity contribution in [3.05, 3.63) is 65.5 Å². The number of ether oxygens (including phenoxy) is 2. The van der Waals surface area contributed by atoms with Gasteiger partial charge in [-0.05, 0) is 32.0 Å². The largest absolute Gasteiger partial charge is 0.454 e. The van der Waals surface area contributed by atoms with E-state index < -0.39 is 5.97 Å². The summed E-state index contributed by atoms with van der Waals surface area (Å²) in [4.78, 5) is 37.7. The summed E-state index contributed by atoms with van der Waals surface area (Å²) >= 11 is 1.23. The molecule has 0 atom stereocenters. The number of thioether (sulfide) groups is 1. The fourth-order valence-electron chi connectivity index (χ4n) is 3.03.